The van der Waals surface area contributed by atoms with E-state index in [0.29, 0.717) is 0 Å². The molecule has 0 saturated carbocycles. The van der Waals surface area contributed by atoms with Crippen molar-refractivity contribution in [2.24, 2.45) is 0 Å². The number of aliphatic carboxylic acids is 1. The number of hydrogen-bond donors (Lipinski definition) is 4. The molecule has 0 aliphatic carbocycles. The van der Waals surface area contributed by atoms with Crippen LogP contribution in [-0.2, 0) is 9.59 Å². The van der Waals surface area contributed by atoms with Crippen LogP contribution in [0.25, 0.3) is 0 Å². The molecule has 0 bridgehead atoms. The van der Waals surface area contributed by atoms with E-state index < -0.39 is 18.1 Å². The lowest BCUT2D eigenvalue weighted by Crippen LogP contribution is -2.39. The summed E-state index contributed by atoms with van der Waals surface area (Å²) in [6, 6.07) is 0. The average molecular weight is 175 g/mol. The summed E-state index contributed by atoms with van der Waals surface area (Å²) in [5.74, 6) is -2.32. The molecule has 0 aromatic carbocycles. The van der Waals surface area contributed by atoms with Gasteiger partial charge in [-0.2, -0.15) is 0 Å². The second-order valence-electron chi connectivity index (χ2n) is 1.83. The van der Waals surface area contributed by atoms with Gasteiger partial charge in [0, 0.05) is 6.08 Å². The average Bonchev–Trinajstić information content (AvgIpc) is 2.00. The van der Waals surface area contributed by atoms with E-state index in [9.17, 15) is 9.59 Å². The minimum Gasteiger partial charge on any atom is -0.478 e. The summed E-state index contributed by atoms with van der Waals surface area (Å²) in [6.45, 7) is -0.323. The largest absolute Gasteiger partial charge is 0.478 e. The highest BCUT2D eigenvalue weighted by Gasteiger charge is 2.13. The third-order valence-corrected chi connectivity index (χ3v) is 0.888. The number of aliphatic hydroxyl groups is 2. The minimum atomic E-state index is -1.92. The van der Waals surface area contributed by atoms with Crippen LogP contribution in [0.4, 0.5) is 0 Å². The van der Waals surface area contributed by atoms with Crippen LogP contribution < -0.4 is 5.32 Å². The van der Waals surface area contributed by atoms with Crippen LogP contribution in [-0.4, -0.2) is 40.0 Å². The molecule has 6 nitrogen and oxygen atoms in total. The van der Waals surface area contributed by atoms with Gasteiger partial charge in [-0.25, -0.2) is 4.79 Å². The Morgan fingerprint density at radius 1 is 1.50 bits per heavy atom. The van der Waals surface area contributed by atoms with E-state index in [2.05, 4.69) is 0 Å². The fourth-order valence-corrected chi connectivity index (χ4v) is 0.404. The van der Waals surface area contributed by atoms with Crippen molar-refractivity contribution in [1.82, 2.24) is 5.32 Å². The predicted molar refractivity (Wildman–Crippen MR) is 38.0 cm³/mol. The van der Waals surface area contributed by atoms with Gasteiger partial charge in [-0.1, -0.05) is 6.08 Å². The summed E-state index contributed by atoms with van der Waals surface area (Å²) in [6.07, 6.45) is 0.122. The zero-order chi connectivity index (χ0) is 9.56. The van der Waals surface area contributed by atoms with Crippen molar-refractivity contribution in [3.63, 3.8) is 0 Å². The number of carboxylic acid groups (broad SMARTS) is 1. The molecule has 12 heavy (non-hydrogen) atoms. The van der Waals surface area contributed by atoms with Gasteiger partial charge in [-0.05, 0) is 0 Å². The lowest BCUT2D eigenvalue weighted by atomic mass is 10.4. The molecule has 68 valence electrons. The molecule has 0 saturated heterocycles. The number of amides is 1. The Labute approximate surface area is 68.1 Å². The van der Waals surface area contributed by atoms with Gasteiger partial charge in [0.25, 0.3) is 0 Å². The third-order valence-electron chi connectivity index (χ3n) is 0.888. The van der Waals surface area contributed by atoms with Crippen LogP contribution in [0.3, 0.4) is 0 Å². The van der Waals surface area contributed by atoms with E-state index in [-0.39, 0.29) is 6.61 Å². The molecule has 0 spiro atoms. The first kappa shape index (κ1) is 10.6. The topological polar surface area (TPSA) is 107 Å². The van der Waals surface area contributed by atoms with E-state index in [0.717, 1.165) is 12.2 Å². The first-order valence-corrected chi connectivity index (χ1v) is 3.06. The Hall–Kier alpha value is -1.40. The van der Waals surface area contributed by atoms with Crippen molar-refractivity contribution in [2.75, 3.05) is 6.61 Å². The van der Waals surface area contributed by atoms with Gasteiger partial charge in [0.1, 0.15) is 0 Å². The Balaban J connectivity index is 3.84. The molecular formula is C6H9NO5. The molecule has 0 aromatic heterocycles. The lowest BCUT2D eigenvalue weighted by molar-refractivity contribution is -0.150. The molecule has 6 heteroatoms. The maximum atomic E-state index is 10.6. The number of aliphatic hydroxyl groups excluding tert-OH is 2. The predicted octanol–water partition coefficient (Wildman–Crippen LogP) is -1.95. The summed E-state index contributed by atoms with van der Waals surface area (Å²) in [7, 11) is 0. The van der Waals surface area contributed by atoms with Crippen LogP contribution in [0.15, 0.2) is 12.2 Å². The smallest absolute Gasteiger partial charge is 0.353 e. The van der Waals surface area contributed by atoms with Crippen molar-refractivity contribution < 1.29 is 24.9 Å². The zero-order valence-corrected chi connectivity index (χ0v) is 6.10. The van der Waals surface area contributed by atoms with Crippen LogP contribution in [0.2, 0.25) is 0 Å². The van der Waals surface area contributed by atoms with E-state index >= 15 is 0 Å². The van der Waals surface area contributed by atoms with Crippen molar-refractivity contribution in [3.8, 4) is 0 Å². The maximum absolute atomic E-state index is 10.6. The first-order valence-electron chi connectivity index (χ1n) is 3.06. The van der Waals surface area contributed by atoms with Gasteiger partial charge in [-0.3, -0.25) is 4.79 Å². The van der Waals surface area contributed by atoms with Crippen molar-refractivity contribution in [2.45, 2.75) is 6.23 Å². The van der Waals surface area contributed by atoms with E-state index in [1.807, 2.05) is 0 Å². The SMILES string of the molecule is O=C(C=CCO)NC(O)C(=O)O. The quantitative estimate of drug-likeness (QED) is 0.293. The molecule has 4 N–H and O–H groups in total. The highest BCUT2D eigenvalue weighted by molar-refractivity contribution is 5.90. The fourth-order valence-electron chi connectivity index (χ4n) is 0.404. The van der Waals surface area contributed by atoms with Crippen LogP contribution >= 0.6 is 0 Å². The number of hydrogen-bond acceptors (Lipinski definition) is 4. The van der Waals surface area contributed by atoms with Gasteiger partial charge in [0.2, 0.25) is 12.1 Å². The van der Waals surface area contributed by atoms with Gasteiger partial charge < -0.3 is 20.6 Å². The molecule has 1 atom stereocenters. The molecule has 0 aromatic rings. The highest BCUT2D eigenvalue weighted by atomic mass is 16.4. The first-order chi connectivity index (χ1) is 5.57. The van der Waals surface area contributed by atoms with Gasteiger partial charge >= 0.3 is 5.97 Å². The standard InChI is InChI=1S/C6H9NO5/c8-3-1-2-4(9)7-5(10)6(11)12/h1-2,5,8,10H,3H2,(H,7,9)(H,11,12). The second-order valence-corrected chi connectivity index (χ2v) is 1.83. The fraction of sp³-hybridized carbons (Fsp3) is 0.333. The summed E-state index contributed by atoms with van der Waals surface area (Å²) in [4.78, 5) is 20.6. The van der Waals surface area contributed by atoms with E-state index in [1.165, 1.54) is 0 Å². The number of carboxylic acids is 1. The van der Waals surface area contributed by atoms with E-state index in [1.54, 1.807) is 5.32 Å². The highest BCUT2D eigenvalue weighted by Crippen LogP contribution is 1.78. The van der Waals surface area contributed by atoms with Crippen molar-refractivity contribution >= 4 is 11.9 Å². The summed E-state index contributed by atoms with van der Waals surface area (Å²) in [5.41, 5.74) is 0. The molecule has 0 aliphatic rings. The normalized spacial score (nSPS) is 12.8. The molecule has 0 aliphatic heterocycles. The van der Waals surface area contributed by atoms with Crippen molar-refractivity contribution in [1.29, 1.82) is 0 Å². The molecular weight excluding hydrogens is 166 g/mol. The molecule has 0 radical (unpaired) electrons. The summed E-state index contributed by atoms with van der Waals surface area (Å²) >= 11 is 0. The van der Waals surface area contributed by atoms with Gasteiger partial charge in [-0.15, -0.1) is 0 Å². The molecule has 0 heterocycles. The summed E-state index contributed by atoms with van der Waals surface area (Å²) in [5, 5.41) is 26.6. The Morgan fingerprint density at radius 3 is 2.50 bits per heavy atom. The van der Waals surface area contributed by atoms with Crippen molar-refractivity contribution in [3.05, 3.63) is 12.2 Å². The van der Waals surface area contributed by atoms with Crippen LogP contribution in [0.5, 0.6) is 0 Å². The molecule has 1 amide bonds. The Bertz CT molecular complexity index is 200. The second kappa shape index (κ2) is 5.28. The minimum absolute atomic E-state index is 0.323. The Morgan fingerprint density at radius 2 is 2.08 bits per heavy atom. The number of nitrogens with one attached hydrogen (secondary N) is 1. The van der Waals surface area contributed by atoms with E-state index in [4.69, 9.17) is 15.3 Å². The summed E-state index contributed by atoms with van der Waals surface area (Å²) < 4.78 is 0. The maximum Gasteiger partial charge on any atom is 0.353 e. The monoisotopic (exact) mass is 175 g/mol. The van der Waals surface area contributed by atoms with Crippen LogP contribution in [0, 0.1) is 0 Å². The number of rotatable bonds is 4. The molecule has 0 fully saturated rings. The third kappa shape index (κ3) is 4.42. The van der Waals surface area contributed by atoms with Gasteiger partial charge in [0.05, 0.1) is 6.61 Å². The number of carbonyl (C=O) groups is 2. The number of carbonyl (C=O) groups excluding carboxylic acids is 1. The van der Waals surface area contributed by atoms with Crippen LogP contribution in [0.1, 0.15) is 0 Å². The molecule has 1 unspecified atom stereocenters. The zero-order valence-electron chi connectivity index (χ0n) is 6.10. The van der Waals surface area contributed by atoms with Gasteiger partial charge in [0.15, 0.2) is 0 Å². The lowest BCUT2D eigenvalue weighted by Gasteiger charge is -2.04. The Kier molecular flexibility index (Phi) is 4.66. The molecule has 0 rings (SSSR count).